The minimum absolute atomic E-state index is 0.0836. The number of carbonyl (C=O) groups excluding carboxylic acids is 2. The lowest BCUT2D eigenvalue weighted by Crippen LogP contribution is -2.22. The van der Waals surface area contributed by atoms with E-state index in [4.69, 9.17) is 4.74 Å². The molecular weight excluding hydrogens is 390 g/mol. The molecule has 0 aromatic heterocycles. The summed E-state index contributed by atoms with van der Waals surface area (Å²) in [6.07, 6.45) is 1.66. The molecule has 2 amide bonds. The number of hydrogen-bond donors (Lipinski definition) is 3. The number of anilines is 3. The first-order chi connectivity index (χ1) is 15.0. The van der Waals surface area contributed by atoms with E-state index in [1.54, 1.807) is 36.4 Å². The molecule has 6 nitrogen and oxygen atoms in total. The summed E-state index contributed by atoms with van der Waals surface area (Å²) < 4.78 is 5.57. The molecule has 3 N–H and O–H groups in total. The normalized spacial score (nSPS) is 10.1. The number of hydrogen-bond acceptors (Lipinski definition) is 4. The minimum Gasteiger partial charge on any atom is -0.487 e. The summed E-state index contributed by atoms with van der Waals surface area (Å²) in [6, 6.07) is 21.8. The van der Waals surface area contributed by atoms with Crippen LogP contribution in [0.3, 0.4) is 0 Å². The molecule has 0 aliphatic carbocycles. The van der Waals surface area contributed by atoms with E-state index in [2.05, 4.69) is 22.5 Å². The topological polar surface area (TPSA) is 79.5 Å². The van der Waals surface area contributed by atoms with Crippen LogP contribution in [0.15, 0.2) is 85.5 Å². The van der Waals surface area contributed by atoms with Crippen molar-refractivity contribution in [2.75, 3.05) is 29.1 Å². The van der Waals surface area contributed by atoms with Crippen LogP contribution in [-0.4, -0.2) is 25.0 Å². The number of rotatable bonds is 9. The van der Waals surface area contributed by atoms with E-state index >= 15 is 0 Å². The first kappa shape index (κ1) is 21.6. The summed E-state index contributed by atoms with van der Waals surface area (Å²) in [5.74, 6) is 0.279. The van der Waals surface area contributed by atoms with E-state index in [0.29, 0.717) is 29.3 Å². The van der Waals surface area contributed by atoms with Gasteiger partial charge >= 0.3 is 0 Å². The van der Waals surface area contributed by atoms with E-state index in [1.165, 1.54) is 0 Å². The SMILES string of the molecule is C=CCOc1ccccc1NCC(=O)Nc1ccc(NC(=O)c2cccc(C)c2)cc1. The van der Waals surface area contributed by atoms with Gasteiger partial charge in [-0.1, -0.05) is 42.5 Å². The first-order valence-electron chi connectivity index (χ1n) is 9.89. The van der Waals surface area contributed by atoms with Gasteiger partial charge in [0.25, 0.3) is 5.91 Å². The van der Waals surface area contributed by atoms with Crippen molar-refractivity contribution in [1.29, 1.82) is 0 Å². The fraction of sp³-hybridized carbons (Fsp3) is 0.120. The summed E-state index contributed by atoms with van der Waals surface area (Å²) in [5, 5.41) is 8.75. The maximum absolute atomic E-state index is 12.3. The second-order valence-electron chi connectivity index (χ2n) is 6.90. The number of carbonyl (C=O) groups is 2. The number of para-hydroxylation sites is 2. The Morgan fingerprint density at radius 1 is 0.935 bits per heavy atom. The maximum atomic E-state index is 12.3. The Morgan fingerprint density at radius 2 is 1.65 bits per heavy atom. The van der Waals surface area contributed by atoms with Crippen molar-refractivity contribution in [3.63, 3.8) is 0 Å². The molecule has 3 aromatic carbocycles. The van der Waals surface area contributed by atoms with E-state index in [9.17, 15) is 9.59 Å². The van der Waals surface area contributed by atoms with Crippen molar-refractivity contribution in [1.82, 2.24) is 0 Å². The Labute approximate surface area is 181 Å². The van der Waals surface area contributed by atoms with Gasteiger partial charge in [-0.2, -0.15) is 0 Å². The largest absolute Gasteiger partial charge is 0.487 e. The van der Waals surface area contributed by atoms with Crippen LogP contribution in [0.25, 0.3) is 0 Å². The number of amides is 2. The quantitative estimate of drug-likeness (QED) is 0.436. The van der Waals surface area contributed by atoms with Gasteiger partial charge in [0, 0.05) is 16.9 Å². The van der Waals surface area contributed by atoms with Crippen LogP contribution in [0, 0.1) is 6.92 Å². The highest BCUT2D eigenvalue weighted by molar-refractivity contribution is 6.04. The second-order valence-corrected chi connectivity index (χ2v) is 6.90. The lowest BCUT2D eigenvalue weighted by atomic mass is 10.1. The minimum atomic E-state index is -0.199. The van der Waals surface area contributed by atoms with Crippen LogP contribution in [0.4, 0.5) is 17.1 Å². The average molecular weight is 415 g/mol. The molecule has 0 unspecified atom stereocenters. The molecule has 158 valence electrons. The van der Waals surface area contributed by atoms with Crippen LogP contribution < -0.4 is 20.7 Å². The monoisotopic (exact) mass is 415 g/mol. The van der Waals surface area contributed by atoms with Crippen molar-refractivity contribution in [2.45, 2.75) is 6.92 Å². The van der Waals surface area contributed by atoms with Crippen molar-refractivity contribution in [3.8, 4) is 5.75 Å². The molecule has 0 heterocycles. The number of benzene rings is 3. The van der Waals surface area contributed by atoms with Crippen molar-refractivity contribution in [2.24, 2.45) is 0 Å². The summed E-state index contributed by atoms with van der Waals surface area (Å²) in [6.45, 7) is 6.05. The molecule has 0 bridgehead atoms. The zero-order valence-electron chi connectivity index (χ0n) is 17.4. The Morgan fingerprint density at radius 3 is 2.35 bits per heavy atom. The van der Waals surface area contributed by atoms with Gasteiger partial charge in [0.1, 0.15) is 12.4 Å². The molecular formula is C25H25N3O3. The molecule has 0 saturated heterocycles. The zero-order valence-corrected chi connectivity index (χ0v) is 17.4. The molecule has 3 aromatic rings. The van der Waals surface area contributed by atoms with Gasteiger partial charge in [-0.05, 0) is 55.5 Å². The summed E-state index contributed by atoms with van der Waals surface area (Å²) in [5.41, 5.74) is 3.64. The molecule has 31 heavy (non-hydrogen) atoms. The van der Waals surface area contributed by atoms with E-state index in [-0.39, 0.29) is 18.4 Å². The molecule has 0 fully saturated rings. The highest BCUT2D eigenvalue weighted by Gasteiger charge is 2.08. The van der Waals surface area contributed by atoms with Gasteiger partial charge in [0.15, 0.2) is 0 Å². The van der Waals surface area contributed by atoms with Gasteiger partial charge in [-0.25, -0.2) is 0 Å². The van der Waals surface area contributed by atoms with Crippen molar-refractivity contribution >= 4 is 28.9 Å². The van der Waals surface area contributed by atoms with Crippen molar-refractivity contribution in [3.05, 3.63) is 96.6 Å². The zero-order chi connectivity index (χ0) is 22.1. The molecule has 0 atom stereocenters. The van der Waals surface area contributed by atoms with E-state index < -0.39 is 0 Å². The third kappa shape index (κ3) is 6.47. The maximum Gasteiger partial charge on any atom is 0.255 e. The molecule has 0 aliphatic heterocycles. The summed E-state index contributed by atoms with van der Waals surface area (Å²) in [4.78, 5) is 24.6. The number of aryl methyl sites for hydroxylation is 1. The average Bonchev–Trinajstić information content (AvgIpc) is 2.78. The third-order valence-corrected chi connectivity index (χ3v) is 4.39. The molecule has 0 spiro atoms. The lowest BCUT2D eigenvalue weighted by Gasteiger charge is -2.12. The fourth-order valence-corrected chi connectivity index (χ4v) is 2.89. The fourth-order valence-electron chi connectivity index (χ4n) is 2.89. The Bertz CT molecular complexity index is 1060. The number of ether oxygens (including phenoxy) is 1. The lowest BCUT2D eigenvalue weighted by molar-refractivity contribution is -0.114. The van der Waals surface area contributed by atoms with E-state index in [0.717, 1.165) is 11.3 Å². The highest BCUT2D eigenvalue weighted by Crippen LogP contribution is 2.23. The summed E-state index contributed by atoms with van der Waals surface area (Å²) in [7, 11) is 0. The van der Waals surface area contributed by atoms with Crippen LogP contribution in [-0.2, 0) is 4.79 Å². The molecule has 0 aliphatic rings. The van der Waals surface area contributed by atoms with Crippen LogP contribution in [0.2, 0.25) is 0 Å². The predicted molar refractivity (Wildman–Crippen MR) is 125 cm³/mol. The predicted octanol–water partition coefficient (Wildman–Crippen LogP) is 4.86. The molecule has 0 radical (unpaired) electrons. The molecule has 0 saturated carbocycles. The van der Waals surface area contributed by atoms with Crippen LogP contribution in [0.5, 0.6) is 5.75 Å². The van der Waals surface area contributed by atoms with Crippen molar-refractivity contribution < 1.29 is 14.3 Å². The first-order valence-corrected chi connectivity index (χ1v) is 9.89. The third-order valence-electron chi connectivity index (χ3n) is 4.39. The Balaban J connectivity index is 1.52. The van der Waals surface area contributed by atoms with Gasteiger partial charge in [-0.15, -0.1) is 0 Å². The molecule has 6 heteroatoms. The van der Waals surface area contributed by atoms with Crippen LogP contribution in [0.1, 0.15) is 15.9 Å². The number of nitrogens with one attached hydrogen (secondary N) is 3. The van der Waals surface area contributed by atoms with Crippen LogP contribution >= 0.6 is 0 Å². The smallest absolute Gasteiger partial charge is 0.255 e. The summed E-state index contributed by atoms with van der Waals surface area (Å²) >= 11 is 0. The van der Waals surface area contributed by atoms with Gasteiger partial charge in [0.2, 0.25) is 5.91 Å². The van der Waals surface area contributed by atoms with Gasteiger partial charge < -0.3 is 20.7 Å². The highest BCUT2D eigenvalue weighted by atomic mass is 16.5. The Hall–Kier alpha value is -4.06. The van der Waals surface area contributed by atoms with Gasteiger partial charge in [-0.3, -0.25) is 9.59 Å². The molecule has 3 rings (SSSR count). The van der Waals surface area contributed by atoms with Gasteiger partial charge in [0.05, 0.1) is 12.2 Å². The standard InChI is InChI=1S/C25H25N3O3/c1-3-15-31-23-10-5-4-9-22(23)26-17-24(29)27-20-11-13-21(14-12-20)28-25(30)19-8-6-7-18(2)16-19/h3-14,16,26H,1,15,17H2,2H3,(H,27,29)(H,28,30). The second kappa shape index (κ2) is 10.6. The Kier molecular flexibility index (Phi) is 7.43. The van der Waals surface area contributed by atoms with E-state index in [1.807, 2.05) is 49.4 Å².